The van der Waals surface area contributed by atoms with E-state index in [1.54, 1.807) is 16.2 Å². The molecule has 2 aromatic carbocycles. The summed E-state index contributed by atoms with van der Waals surface area (Å²) in [6.07, 6.45) is 0. The van der Waals surface area contributed by atoms with Crippen molar-refractivity contribution in [1.82, 2.24) is 14.7 Å². The summed E-state index contributed by atoms with van der Waals surface area (Å²) in [7, 11) is 0. The molecule has 1 N–H and O–H groups in total. The highest BCUT2D eigenvalue weighted by atomic mass is 35.5. The van der Waals surface area contributed by atoms with Gasteiger partial charge in [-0.3, -0.25) is 9.69 Å². The molecule has 1 aliphatic rings. The molecule has 0 radical (unpaired) electrons. The molecule has 4 rings (SSSR count). The molecule has 0 unspecified atom stereocenters. The van der Waals surface area contributed by atoms with Crippen LogP contribution in [0.25, 0.3) is 0 Å². The predicted octanol–water partition coefficient (Wildman–Crippen LogP) is 4.94. The molecule has 1 aromatic heterocycles. The standard InChI is InChI=1S/C27H30ClFN4O3S/c28-24-17-22(8-9-25(24)29)30-27(35)32(11-10-31-12-14-36-15-13-31)20-26(34)33(19-23-7-4-16-37-23)18-21-5-2-1-3-6-21/h1-9,16-17H,10-15,18-20H2,(H,30,35). The van der Waals surface area contributed by atoms with E-state index in [0.717, 1.165) is 23.5 Å². The number of nitrogens with zero attached hydrogens (tertiary/aromatic N) is 3. The van der Waals surface area contributed by atoms with Crippen LogP contribution in [0.3, 0.4) is 0 Å². The zero-order chi connectivity index (χ0) is 26.0. The number of ether oxygens (including phenoxy) is 1. The van der Waals surface area contributed by atoms with Crippen LogP contribution < -0.4 is 5.32 Å². The first-order chi connectivity index (χ1) is 18.0. The zero-order valence-corrected chi connectivity index (χ0v) is 22.0. The summed E-state index contributed by atoms with van der Waals surface area (Å²) in [4.78, 5) is 33.4. The lowest BCUT2D eigenvalue weighted by Crippen LogP contribution is -2.48. The Hall–Kier alpha value is -2.98. The Morgan fingerprint density at radius 3 is 2.51 bits per heavy atom. The number of carbonyl (C=O) groups is 2. The van der Waals surface area contributed by atoms with Crippen LogP contribution in [0.5, 0.6) is 0 Å². The molecule has 1 saturated heterocycles. The normalized spacial score (nSPS) is 13.8. The van der Waals surface area contributed by atoms with Crippen LogP contribution in [0, 0.1) is 5.82 Å². The van der Waals surface area contributed by atoms with Gasteiger partial charge in [-0.1, -0.05) is 48.0 Å². The van der Waals surface area contributed by atoms with E-state index in [0.29, 0.717) is 45.1 Å². The van der Waals surface area contributed by atoms with Crippen LogP contribution in [-0.2, 0) is 22.6 Å². The van der Waals surface area contributed by atoms with Gasteiger partial charge in [-0.25, -0.2) is 9.18 Å². The Balaban J connectivity index is 1.49. The maximum Gasteiger partial charge on any atom is 0.322 e. The fraction of sp³-hybridized carbons (Fsp3) is 0.333. The van der Waals surface area contributed by atoms with Crippen LogP contribution in [0.4, 0.5) is 14.9 Å². The zero-order valence-electron chi connectivity index (χ0n) is 20.4. The summed E-state index contributed by atoms with van der Waals surface area (Å²) >= 11 is 7.48. The van der Waals surface area contributed by atoms with Crippen LogP contribution in [0.2, 0.25) is 5.02 Å². The minimum absolute atomic E-state index is 0.0845. The minimum Gasteiger partial charge on any atom is -0.379 e. The SMILES string of the molecule is O=C(CN(CCN1CCOCC1)C(=O)Nc1ccc(F)c(Cl)c1)N(Cc1ccccc1)Cc1cccs1. The van der Waals surface area contributed by atoms with Gasteiger partial charge < -0.3 is 19.9 Å². The fourth-order valence-electron chi connectivity index (χ4n) is 4.01. The van der Waals surface area contributed by atoms with E-state index < -0.39 is 11.8 Å². The number of hydrogen-bond donors (Lipinski definition) is 1. The van der Waals surface area contributed by atoms with E-state index >= 15 is 0 Å². The molecule has 10 heteroatoms. The molecule has 196 valence electrons. The van der Waals surface area contributed by atoms with Crippen molar-refractivity contribution in [2.45, 2.75) is 13.1 Å². The Labute approximate surface area is 225 Å². The average molecular weight is 545 g/mol. The second-order valence-corrected chi connectivity index (χ2v) is 10.2. The quantitative estimate of drug-likeness (QED) is 0.393. The monoisotopic (exact) mass is 544 g/mol. The van der Waals surface area contributed by atoms with Crippen LogP contribution in [-0.4, -0.2) is 72.6 Å². The molecule has 3 amide bonds. The molecule has 3 aromatic rings. The van der Waals surface area contributed by atoms with Crippen LogP contribution in [0.15, 0.2) is 66.0 Å². The lowest BCUT2D eigenvalue weighted by Gasteiger charge is -2.31. The Morgan fingerprint density at radius 2 is 1.81 bits per heavy atom. The summed E-state index contributed by atoms with van der Waals surface area (Å²) in [6.45, 7) is 4.59. The van der Waals surface area contributed by atoms with E-state index in [1.807, 2.05) is 47.8 Å². The minimum atomic E-state index is -0.566. The number of hydrogen-bond acceptors (Lipinski definition) is 5. The van der Waals surface area contributed by atoms with Gasteiger partial charge in [0.15, 0.2) is 0 Å². The molecular formula is C27H30ClFN4O3S. The molecule has 37 heavy (non-hydrogen) atoms. The second-order valence-electron chi connectivity index (χ2n) is 8.75. The summed E-state index contributed by atoms with van der Waals surface area (Å²) in [5, 5.41) is 4.66. The van der Waals surface area contributed by atoms with E-state index in [-0.39, 0.29) is 17.5 Å². The molecule has 7 nitrogen and oxygen atoms in total. The van der Waals surface area contributed by atoms with E-state index in [4.69, 9.17) is 16.3 Å². The Morgan fingerprint density at radius 1 is 1.03 bits per heavy atom. The van der Waals surface area contributed by atoms with Crippen LogP contribution in [0.1, 0.15) is 10.4 Å². The van der Waals surface area contributed by atoms with Crippen molar-refractivity contribution in [2.75, 3.05) is 51.3 Å². The lowest BCUT2D eigenvalue weighted by atomic mass is 10.2. The van der Waals surface area contributed by atoms with Gasteiger partial charge in [-0.05, 0) is 35.2 Å². The smallest absolute Gasteiger partial charge is 0.322 e. The van der Waals surface area contributed by atoms with Gasteiger partial charge in [0.1, 0.15) is 12.4 Å². The van der Waals surface area contributed by atoms with Gasteiger partial charge in [0.25, 0.3) is 0 Å². The molecule has 0 bridgehead atoms. The summed E-state index contributed by atoms with van der Waals surface area (Å²) in [5.41, 5.74) is 1.37. The molecule has 0 saturated carbocycles. The fourth-order valence-corrected chi connectivity index (χ4v) is 4.91. The van der Waals surface area contributed by atoms with Gasteiger partial charge in [-0.15, -0.1) is 11.3 Å². The van der Waals surface area contributed by atoms with Crippen molar-refractivity contribution in [3.8, 4) is 0 Å². The topological polar surface area (TPSA) is 65.1 Å². The molecular weight excluding hydrogens is 515 g/mol. The third-order valence-electron chi connectivity index (χ3n) is 6.07. The number of nitrogens with one attached hydrogen (secondary N) is 1. The molecule has 0 aliphatic carbocycles. The highest BCUT2D eigenvalue weighted by Crippen LogP contribution is 2.20. The number of carbonyl (C=O) groups excluding carboxylic acids is 2. The van der Waals surface area contributed by atoms with Gasteiger partial charge in [0, 0.05) is 43.3 Å². The highest BCUT2D eigenvalue weighted by molar-refractivity contribution is 7.09. The number of halogens is 2. The van der Waals surface area contributed by atoms with Gasteiger partial charge in [-0.2, -0.15) is 0 Å². The number of benzene rings is 2. The maximum atomic E-state index is 13.6. The number of thiophene rings is 1. The number of rotatable bonds is 10. The number of anilines is 1. The van der Waals surface area contributed by atoms with Gasteiger partial charge in [0.05, 0.1) is 24.8 Å². The third kappa shape index (κ3) is 8.26. The first-order valence-corrected chi connectivity index (χ1v) is 13.4. The summed E-state index contributed by atoms with van der Waals surface area (Å²) in [5.74, 6) is -0.726. The molecule has 2 heterocycles. The van der Waals surface area contributed by atoms with Crippen molar-refractivity contribution in [1.29, 1.82) is 0 Å². The lowest BCUT2D eigenvalue weighted by molar-refractivity contribution is -0.133. The summed E-state index contributed by atoms with van der Waals surface area (Å²) in [6, 6.07) is 17.3. The van der Waals surface area contributed by atoms with Crippen molar-refractivity contribution >= 4 is 40.6 Å². The number of amides is 3. The van der Waals surface area contributed by atoms with E-state index in [1.165, 1.54) is 23.1 Å². The molecule has 1 aliphatic heterocycles. The van der Waals surface area contributed by atoms with Crippen molar-refractivity contribution in [3.05, 3.63) is 87.3 Å². The van der Waals surface area contributed by atoms with Gasteiger partial charge >= 0.3 is 6.03 Å². The molecule has 0 atom stereocenters. The second kappa shape index (κ2) is 13.5. The highest BCUT2D eigenvalue weighted by Gasteiger charge is 2.23. The number of morpholine rings is 1. The largest absolute Gasteiger partial charge is 0.379 e. The predicted molar refractivity (Wildman–Crippen MR) is 144 cm³/mol. The maximum absolute atomic E-state index is 13.6. The molecule has 1 fully saturated rings. The van der Waals surface area contributed by atoms with Crippen molar-refractivity contribution < 1.29 is 18.7 Å². The third-order valence-corrected chi connectivity index (χ3v) is 7.22. The van der Waals surface area contributed by atoms with E-state index in [9.17, 15) is 14.0 Å². The number of urea groups is 1. The van der Waals surface area contributed by atoms with Crippen LogP contribution >= 0.6 is 22.9 Å². The van der Waals surface area contributed by atoms with Crippen molar-refractivity contribution in [3.63, 3.8) is 0 Å². The summed E-state index contributed by atoms with van der Waals surface area (Å²) < 4.78 is 19.0. The van der Waals surface area contributed by atoms with Crippen molar-refractivity contribution in [2.24, 2.45) is 0 Å². The van der Waals surface area contributed by atoms with E-state index in [2.05, 4.69) is 10.2 Å². The Kier molecular flexibility index (Phi) is 9.90. The molecule has 0 spiro atoms. The average Bonchev–Trinajstić information content (AvgIpc) is 3.42. The first kappa shape index (κ1) is 27.1. The Bertz CT molecular complexity index is 1160. The first-order valence-electron chi connectivity index (χ1n) is 12.1. The van der Waals surface area contributed by atoms with Gasteiger partial charge in [0.2, 0.25) is 5.91 Å².